The number of hydrogen-bond acceptors (Lipinski definition) is 4. The zero-order chi connectivity index (χ0) is 11.0. The number of carbonyl (C=O) groups excluding carboxylic acids is 2. The van der Waals surface area contributed by atoms with Crippen LogP contribution in [0.4, 0.5) is 0 Å². The highest BCUT2D eigenvalue weighted by Crippen LogP contribution is 1.96. The third-order valence-corrected chi connectivity index (χ3v) is 1.84. The zero-order valence-corrected chi connectivity index (χ0v) is 9.93. The Bertz CT molecular complexity index is 200. The number of ether oxygens (including phenoxy) is 1. The Hall–Kier alpha value is -0.810. The van der Waals surface area contributed by atoms with E-state index < -0.39 is 12.0 Å². The van der Waals surface area contributed by atoms with E-state index in [9.17, 15) is 9.59 Å². The van der Waals surface area contributed by atoms with Crippen LogP contribution in [0.15, 0.2) is 0 Å². The number of halogens is 1. The minimum Gasteiger partial charge on any atom is -0.467 e. The molecule has 3 N–H and O–H groups in total. The lowest BCUT2D eigenvalue weighted by atomic mass is 10.2. The fourth-order valence-electron chi connectivity index (χ4n) is 0.999. The molecule has 0 rings (SSSR count). The number of nitrogens with two attached hydrogens (primary N) is 1. The van der Waals surface area contributed by atoms with Crippen molar-refractivity contribution in [2.24, 2.45) is 5.73 Å². The van der Waals surface area contributed by atoms with Crippen LogP contribution in [-0.2, 0) is 14.3 Å². The van der Waals surface area contributed by atoms with E-state index >= 15 is 0 Å². The van der Waals surface area contributed by atoms with Gasteiger partial charge in [-0.25, -0.2) is 4.79 Å². The SMILES string of the molecule is CCC(NC(=O)CCCN)C(=O)OC.Cl. The molecule has 0 aromatic rings. The average Bonchev–Trinajstić information content (AvgIpc) is 2.21. The zero-order valence-electron chi connectivity index (χ0n) is 9.12. The molecule has 0 spiro atoms. The number of amides is 1. The van der Waals surface area contributed by atoms with Crippen molar-refractivity contribution in [3.8, 4) is 0 Å². The number of nitrogens with one attached hydrogen (secondary N) is 1. The van der Waals surface area contributed by atoms with Gasteiger partial charge in [0, 0.05) is 6.42 Å². The Kier molecular flexibility index (Phi) is 10.8. The van der Waals surface area contributed by atoms with Crippen molar-refractivity contribution in [2.45, 2.75) is 32.2 Å². The Balaban J connectivity index is 0. The van der Waals surface area contributed by atoms with Gasteiger partial charge >= 0.3 is 5.97 Å². The fraction of sp³-hybridized carbons (Fsp3) is 0.778. The van der Waals surface area contributed by atoms with Crippen LogP contribution in [0.3, 0.4) is 0 Å². The van der Waals surface area contributed by atoms with Crippen molar-refractivity contribution >= 4 is 24.3 Å². The van der Waals surface area contributed by atoms with E-state index in [1.54, 1.807) is 0 Å². The van der Waals surface area contributed by atoms with Gasteiger partial charge in [-0.05, 0) is 19.4 Å². The summed E-state index contributed by atoms with van der Waals surface area (Å²) in [6, 6.07) is -0.537. The molecule has 0 saturated carbocycles. The number of carbonyl (C=O) groups is 2. The average molecular weight is 239 g/mol. The number of methoxy groups -OCH3 is 1. The van der Waals surface area contributed by atoms with E-state index in [1.807, 2.05) is 6.92 Å². The van der Waals surface area contributed by atoms with Gasteiger partial charge in [0.2, 0.25) is 5.91 Å². The molecule has 0 aliphatic rings. The molecule has 5 nitrogen and oxygen atoms in total. The Morgan fingerprint density at radius 1 is 1.47 bits per heavy atom. The van der Waals surface area contributed by atoms with Crippen LogP contribution in [0.25, 0.3) is 0 Å². The molecule has 0 radical (unpaired) electrons. The molecule has 1 amide bonds. The third-order valence-electron chi connectivity index (χ3n) is 1.84. The molecule has 90 valence electrons. The number of hydrogen-bond donors (Lipinski definition) is 2. The predicted molar refractivity (Wildman–Crippen MR) is 59.8 cm³/mol. The molecule has 1 atom stereocenters. The molecule has 0 aromatic carbocycles. The Labute approximate surface area is 96.1 Å². The molecule has 1 unspecified atom stereocenters. The second kappa shape index (κ2) is 9.73. The van der Waals surface area contributed by atoms with Crippen molar-refractivity contribution in [1.82, 2.24) is 5.32 Å². The lowest BCUT2D eigenvalue weighted by Gasteiger charge is -2.13. The second-order valence-electron chi connectivity index (χ2n) is 2.94. The van der Waals surface area contributed by atoms with Crippen LogP contribution in [0.2, 0.25) is 0 Å². The monoisotopic (exact) mass is 238 g/mol. The van der Waals surface area contributed by atoms with E-state index in [0.717, 1.165) is 0 Å². The molecule has 0 bridgehead atoms. The van der Waals surface area contributed by atoms with Gasteiger partial charge in [0.25, 0.3) is 0 Å². The highest BCUT2D eigenvalue weighted by atomic mass is 35.5. The van der Waals surface area contributed by atoms with E-state index in [4.69, 9.17) is 5.73 Å². The smallest absolute Gasteiger partial charge is 0.328 e. The maximum atomic E-state index is 11.2. The summed E-state index contributed by atoms with van der Waals surface area (Å²) >= 11 is 0. The van der Waals surface area contributed by atoms with Gasteiger partial charge in [-0.2, -0.15) is 0 Å². The summed E-state index contributed by atoms with van der Waals surface area (Å²) in [5.41, 5.74) is 5.25. The van der Waals surface area contributed by atoms with Gasteiger partial charge in [-0.1, -0.05) is 6.92 Å². The summed E-state index contributed by atoms with van der Waals surface area (Å²) in [4.78, 5) is 22.3. The van der Waals surface area contributed by atoms with Crippen LogP contribution in [0.1, 0.15) is 26.2 Å². The van der Waals surface area contributed by atoms with Crippen molar-refractivity contribution in [2.75, 3.05) is 13.7 Å². The van der Waals surface area contributed by atoms with E-state index in [1.165, 1.54) is 7.11 Å². The van der Waals surface area contributed by atoms with Crippen molar-refractivity contribution in [3.63, 3.8) is 0 Å². The highest BCUT2D eigenvalue weighted by Gasteiger charge is 2.18. The van der Waals surface area contributed by atoms with E-state index in [-0.39, 0.29) is 18.3 Å². The molecule has 0 aliphatic heterocycles. The minimum atomic E-state index is -0.537. The first-order valence-electron chi connectivity index (χ1n) is 4.73. The Morgan fingerprint density at radius 3 is 2.47 bits per heavy atom. The summed E-state index contributed by atoms with van der Waals surface area (Å²) in [6.45, 7) is 2.28. The summed E-state index contributed by atoms with van der Waals surface area (Å²) < 4.78 is 4.53. The standard InChI is InChI=1S/C9H18N2O3.ClH/c1-3-7(9(13)14-2)11-8(12)5-4-6-10;/h7H,3-6,10H2,1-2H3,(H,11,12);1H. The third kappa shape index (κ3) is 7.16. The van der Waals surface area contributed by atoms with Crippen LogP contribution in [0, 0.1) is 0 Å². The maximum absolute atomic E-state index is 11.2. The van der Waals surface area contributed by atoms with Gasteiger partial charge in [-0.3, -0.25) is 4.79 Å². The number of rotatable bonds is 6. The molecule has 0 heterocycles. The highest BCUT2D eigenvalue weighted by molar-refractivity contribution is 5.85. The van der Waals surface area contributed by atoms with Gasteiger partial charge in [-0.15, -0.1) is 12.4 Å². The summed E-state index contributed by atoms with van der Waals surface area (Å²) in [7, 11) is 1.30. The quantitative estimate of drug-likeness (QED) is 0.649. The van der Waals surface area contributed by atoms with Gasteiger partial charge in [0.15, 0.2) is 0 Å². The van der Waals surface area contributed by atoms with Crippen molar-refractivity contribution in [3.05, 3.63) is 0 Å². The molecular weight excluding hydrogens is 220 g/mol. The normalized spacial score (nSPS) is 11.1. The molecule has 0 aliphatic carbocycles. The second-order valence-corrected chi connectivity index (χ2v) is 2.94. The Morgan fingerprint density at radius 2 is 2.07 bits per heavy atom. The first-order valence-corrected chi connectivity index (χ1v) is 4.73. The van der Waals surface area contributed by atoms with Gasteiger partial charge < -0.3 is 15.8 Å². The topological polar surface area (TPSA) is 81.4 Å². The summed E-state index contributed by atoms with van der Waals surface area (Å²) in [6.07, 6.45) is 1.51. The molecule has 0 fully saturated rings. The molecule has 0 saturated heterocycles. The summed E-state index contributed by atoms with van der Waals surface area (Å²) in [5.74, 6) is -0.568. The van der Waals surface area contributed by atoms with Crippen LogP contribution in [0.5, 0.6) is 0 Å². The number of esters is 1. The van der Waals surface area contributed by atoms with Gasteiger partial charge in [0.05, 0.1) is 7.11 Å². The van der Waals surface area contributed by atoms with Crippen LogP contribution < -0.4 is 11.1 Å². The van der Waals surface area contributed by atoms with Crippen molar-refractivity contribution in [1.29, 1.82) is 0 Å². The lowest BCUT2D eigenvalue weighted by molar-refractivity contribution is -0.145. The van der Waals surface area contributed by atoms with Crippen molar-refractivity contribution < 1.29 is 14.3 Å². The van der Waals surface area contributed by atoms with Crippen LogP contribution in [-0.4, -0.2) is 31.6 Å². The van der Waals surface area contributed by atoms with E-state index in [0.29, 0.717) is 25.8 Å². The molecule has 6 heteroatoms. The first kappa shape index (κ1) is 16.6. The summed E-state index contributed by atoms with van der Waals surface area (Å²) in [5, 5.41) is 2.58. The predicted octanol–water partition coefficient (Wildman–Crippen LogP) is 0.215. The van der Waals surface area contributed by atoms with E-state index in [2.05, 4.69) is 10.1 Å². The largest absolute Gasteiger partial charge is 0.467 e. The molecular formula is C9H19ClN2O3. The van der Waals surface area contributed by atoms with Gasteiger partial charge in [0.1, 0.15) is 6.04 Å². The first-order chi connectivity index (χ1) is 6.65. The molecule has 0 aromatic heterocycles. The minimum absolute atomic E-state index is 0. The van der Waals surface area contributed by atoms with Crippen LogP contribution >= 0.6 is 12.4 Å². The maximum Gasteiger partial charge on any atom is 0.328 e. The fourth-order valence-corrected chi connectivity index (χ4v) is 0.999. The lowest BCUT2D eigenvalue weighted by Crippen LogP contribution is -2.41. The molecule has 15 heavy (non-hydrogen) atoms.